The Bertz CT molecular complexity index is 898. The summed E-state index contributed by atoms with van der Waals surface area (Å²) in [6, 6.07) is 9.59. The number of hydrogen-bond acceptors (Lipinski definition) is 5. The first-order valence-corrected chi connectivity index (χ1v) is 9.78. The lowest BCUT2D eigenvalue weighted by atomic mass is 9.52. The van der Waals surface area contributed by atoms with Crippen LogP contribution in [0.4, 0.5) is 11.5 Å². The third-order valence-corrected chi connectivity index (χ3v) is 7.06. The minimum Gasteiger partial charge on any atom is -0.508 e. The molecule has 2 heterocycles. The van der Waals surface area contributed by atoms with E-state index in [1.165, 1.54) is 43.0 Å². The SMILES string of the molecule is O=[N+]([O-])c1ccc(N2CC[C@@]34CCCC[C@@H]3[C@@H]2Cc2ccc(O)cc24)nc1. The molecule has 2 aromatic rings. The summed E-state index contributed by atoms with van der Waals surface area (Å²) < 4.78 is 0. The number of pyridine rings is 1. The molecule has 6 nitrogen and oxygen atoms in total. The number of benzene rings is 1. The van der Waals surface area contributed by atoms with Gasteiger partial charge in [-0.25, -0.2) is 4.98 Å². The molecule has 140 valence electrons. The van der Waals surface area contributed by atoms with E-state index in [-0.39, 0.29) is 11.1 Å². The number of phenols is 1. The molecule has 1 aliphatic heterocycles. The summed E-state index contributed by atoms with van der Waals surface area (Å²) in [5.74, 6) is 1.75. The monoisotopic (exact) mass is 365 g/mol. The zero-order chi connectivity index (χ0) is 18.6. The molecule has 6 heteroatoms. The van der Waals surface area contributed by atoms with Crippen molar-refractivity contribution in [2.45, 2.75) is 50.0 Å². The van der Waals surface area contributed by atoms with Crippen LogP contribution in [0.3, 0.4) is 0 Å². The molecule has 1 saturated heterocycles. The maximum absolute atomic E-state index is 10.9. The van der Waals surface area contributed by atoms with Gasteiger partial charge in [-0.05, 0) is 60.9 Å². The van der Waals surface area contributed by atoms with Crippen molar-refractivity contribution in [2.24, 2.45) is 5.92 Å². The predicted molar refractivity (Wildman–Crippen MR) is 102 cm³/mol. The smallest absolute Gasteiger partial charge is 0.287 e. The lowest BCUT2D eigenvalue weighted by Gasteiger charge is -2.59. The first kappa shape index (κ1) is 16.5. The molecule has 0 spiro atoms. The molecule has 3 atom stereocenters. The van der Waals surface area contributed by atoms with Crippen LogP contribution in [0.1, 0.15) is 43.2 Å². The molecule has 5 rings (SSSR count). The molecule has 0 radical (unpaired) electrons. The molecule has 1 aromatic carbocycles. The highest BCUT2D eigenvalue weighted by molar-refractivity contribution is 5.51. The predicted octanol–water partition coefficient (Wildman–Crippen LogP) is 3.96. The van der Waals surface area contributed by atoms with Crippen LogP contribution < -0.4 is 4.90 Å². The van der Waals surface area contributed by atoms with Gasteiger partial charge in [0.15, 0.2) is 0 Å². The fourth-order valence-electron chi connectivity index (χ4n) is 5.93. The van der Waals surface area contributed by atoms with Crippen LogP contribution in [0, 0.1) is 16.0 Å². The number of fused-ring (bicyclic) bond motifs is 1. The van der Waals surface area contributed by atoms with E-state index in [4.69, 9.17) is 0 Å². The number of hydrogen-bond donors (Lipinski definition) is 1. The third kappa shape index (κ3) is 2.42. The average molecular weight is 365 g/mol. The number of nitro groups is 1. The number of anilines is 1. The van der Waals surface area contributed by atoms with E-state index in [2.05, 4.69) is 16.0 Å². The number of piperidine rings is 1. The molecule has 1 aromatic heterocycles. The van der Waals surface area contributed by atoms with E-state index in [1.807, 2.05) is 6.07 Å². The summed E-state index contributed by atoms with van der Waals surface area (Å²) in [4.78, 5) is 17.3. The van der Waals surface area contributed by atoms with Gasteiger partial charge in [0.1, 0.15) is 17.8 Å². The zero-order valence-electron chi connectivity index (χ0n) is 15.2. The van der Waals surface area contributed by atoms with Crippen LogP contribution in [0.5, 0.6) is 5.75 Å². The van der Waals surface area contributed by atoms with Gasteiger partial charge in [-0.3, -0.25) is 10.1 Å². The van der Waals surface area contributed by atoms with Crippen molar-refractivity contribution in [2.75, 3.05) is 11.4 Å². The molecular weight excluding hydrogens is 342 g/mol. The van der Waals surface area contributed by atoms with Crippen molar-refractivity contribution in [3.63, 3.8) is 0 Å². The Morgan fingerprint density at radius 3 is 2.89 bits per heavy atom. The first-order valence-electron chi connectivity index (χ1n) is 9.78. The molecule has 2 bridgehead atoms. The highest BCUT2D eigenvalue weighted by Crippen LogP contribution is 2.56. The van der Waals surface area contributed by atoms with Crippen LogP contribution in [-0.4, -0.2) is 27.6 Å². The molecule has 2 aliphatic carbocycles. The first-order chi connectivity index (χ1) is 13.1. The van der Waals surface area contributed by atoms with Crippen LogP contribution in [0.15, 0.2) is 36.5 Å². The summed E-state index contributed by atoms with van der Waals surface area (Å²) in [7, 11) is 0. The molecule has 2 fully saturated rings. The van der Waals surface area contributed by atoms with Crippen molar-refractivity contribution in [1.29, 1.82) is 0 Å². The Morgan fingerprint density at radius 1 is 1.22 bits per heavy atom. The van der Waals surface area contributed by atoms with Crippen molar-refractivity contribution < 1.29 is 10.0 Å². The minimum absolute atomic E-state index is 0.0345. The zero-order valence-corrected chi connectivity index (χ0v) is 15.2. The molecule has 1 N–H and O–H groups in total. The van der Waals surface area contributed by atoms with Gasteiger partial charge in [0.2, 0.25) is 0 Å². The summed E-state index contributed by atoms with van der Waals surface area (Å²) in [6.45, 7) is 0.904. The van der Waals surface area contributed by atoms with E-state index in [0.29, 0.717) is 17.7 Å². The number of rotatable bonds is 2. The fraction of sp³-hybridized carbons (Fsp3) is 0.476. The number of aromatic hydroxyl groups is 1. The van der Waals surface area contributed by atoms with Gasteiger partial charge in [-0.15, -0.1) is 0 Å². The van der Waals surface area contributed by atoms with E-state index in [1.54, 1.807) is 18.2 Å². The topological polar surface area (TPSA) is 79.5 Å². The Hall–Kier alpha value is -2.63. The average Bonchev–Trinajstić information content (AvgIpc) is 2.69. The van der Waals surface area contributed by atoms with Crippen molar-refractivity contribution in [3.05, 3.63) is 57.8 Å². The van der Waals surface area contributed by atoms with Gasteiger partial charge in [0, 0.05) is 24.1 Å². The van der Waals surface area contributed by atoms with E-state index < -0.39 is 4.92 Å². The van der Waals surface area contributed by atoms with Gasteiger partial charge in [0.05, 0.1) is 4.92 Å². The standard InChI is InChI=1S/C21H23N3O3/c25-16-6-4-14-11-19-17-3-1-2-8-21(17,18(14)12-16)9-10-23(19)20-7-5-15(13-22-20)24(26)27/h4-7,12-13,17,19,25H,1-3,8-11H2/t17-,19+,21+/m1/s1. The highest BCUT2D eigenvalue weighted by atomic mass is 16.6. The largest absolute Gasteiger partial charge is 0.508 e. The number of phenolic OH excluding ortho intramolecular Hbond substituents is 1. The second-order valence-corrected chi connectivity index (χ2v) is 8.20. The Labute approximate surface area is 158 Å². The van der Waals surface area contributed by atoms with Crippen LogP contribution in [0.2, 0.25) is 0 Å². The summed E-state index contributed by atoms with van der Waals surface area (Å²) in [5.41, 5.74) is 2.89. The lowest BCUT2D eigenvalue weighted by Crippen LogP contribution is -2.61. The van der Waals surface area contributed by atoms with Gasteiger partial charge < -0.3 is 10.0 Å². The number of aromatic nitrogens is 1. The van der Waals surface area contributed by atoms with E-state index in [0.717, 1.165) is 25.2 Å². The van der Waals surface area contributed by atoms with E-state index in [9.17, 15) is 15.2 Å². The Morgan fingerprint density at radius 2 is 2.11 bits per heavy atom. The van der Waals surface area contributed by atoms with Crippen molar-refractivity contribution in [3.8, 4) is 5.75 Å². The summed E-state index contributed by atoms with van der Waals surface area (Å²) >= 11 is 0. The maximum atomic E-state index is 10.9. The molecule has 27 heavy (non-hydrogen) atoms. The quantitative estimate of drug-likeness (QED) is 0.644. The lowest BCUT2D eigenvalue weighted by molar-refractivity contribution is -0.385. The van der Waals surface area contributed by atoms with E-state index >= 15 is 0 Å². The van der Waals surface area contributed by atoms with Crippen molar-refractivity contribution >= 4 is 11.5 Å². The van der Waals surface area contributed by atoms with Gasteiger partial charge in [-0.2, -0.15) is 0 Å². The highest BCUT2D eigenvalue weighted by Gasteiger charge is 2.54. The molecule has 3 aliphatic rings. The third-order valence-electron chi connectivity index (χ3n) is 7.06. The molecular formula is C21H23N3O3. The van der Waals surface area contributed by atoms with Crippen LogP contribution in [-0.2, 0) is 11.8 Å². The molecule has 1 saturated carbocycles. The normalized spacial score (nSPS) is 29.0. The fourth-order valence-corrected chi connectivity index (χ4v) is 5.93. The van der Waals surface area contributed by atoms with Crippen LogP contribution in [0.25, 0.3) is 0 Å². The Balaban J connectivity index is 1.56. The maximum Gasteiger partial charge on any atom is 0.287 e. The number of nitrogens with zero attached hydrogens (tertiary/aromatic N) is 3. The van der Waals surface area contributed by atoms with Gasteiger partial charge >= 0.3 is 0 Å². The molecule has 0 amide bonds. The van der Waals surface area contributed by atoms with Gasteiger partial charge in [-0.1, -0.05) is 18.9 Å². The Kier molecular flexibility index (Phi) is 3.64. The summed E-state index contributed by atoms with van der Waals surface area (Å²) in [6.07, 6.45) is 8.24. The summed E-state index contributed by atoms with van der Waals surface area (Å²) in [5, 5.41) is 21.0. The van der Waals surface area contributed by atoms with Crippen molar-refractivity contribution in [1.82, 2.24) is 4.98 Å². The second kappa shape index (κ2) is 5.94. The molecule has 0 unspecified atom stereocenters. The van der Waals surface area contributed by atoms with Crippen LogP contribution >= 0.6 is 0 Å². The second-order valence-electron chi connectivity index (χ2n) is 8.20. The van der Waals surface area contributed by atoms with Gasteiger partial charge in [0.25, 0.3) is 5.69 Å². The minimum atomic E-state index is -0.400.